The van der Waals surface area contributed by atoms with Crippen LogP contribution in [0, 0.1) is 6.92 Å². The molecule has 34 heavy (non-hydrogen) atoms. The number of amides is 1. The van der Waals surface area contributed by atoms with Gasteiger partial charge in [-0.05, 0) is 82.2 Å². The minimum atomic E-state index is -0.120. The third-order valence-electron chi connectivity index (χ3n) is 6.91. The van der Waals surface area contributed by atoms with Gasteiger partial charge in [0.1, 0.15) is 0 Å². The van der Waals surface area contributed by atoms with E-state index >= 15 is 0 Å². The molecule has 0 atom stereocenters. The fraction of sp³-hybridized carbons (Fsp3) is 0.393. The number of aryl methyl sites for hydroxylation is 1. The molecule has 1 fully saturated rings. The molecule has 1 aliphatic heterocycles. The monoisotopic (exact) mass is 456 g/mol. The number of carbonyl (C=O) groups is 1. The van der Waals surface area contributed by atoms with Crippen molar-refractivity contribution in [1.29, 1.82) is 0 Å². The van der Waals surface area contributed by atoms with Crippen LogP contribution in [0.3, 0.4) is 0 Å². The molecule has 6 nitrogen and oxygen atoms in total. The van der Waals surface area contributed by atoms with Gasteiger partial charge in [0.2, 0.25) is 5.95 Å². The Morgan fingerprint density at radius 1 is 1.03 bits per heavy atom. The Bertz CT molecular complexity index is 1280. The first-order chi connectivity index (χ1) is 16.6. The topological polar surface area (TPSA) is 67.2 Å². The minimum Gasteiger partial charge on any atom is -0.352 e. The summed E-state index contributed by atoms with van der Waals surface area (Å²) in [6.45, 7) is 4.41. The number of carbonyl (C=O) groups excluding carboxylic acids is 1. The van der Waals surface area contributed by atoms with E-state index in [2.05, 4.69) is 16.3 Å². The highest BCUT2D eigenvalue weighted by molar-refractivity contribution is 5.97. The number of nitrogens with zero attached hydrogens (tertiary/aromatic N) is 3. The van der Waals surface area contributed by atoms with Crippen molar-refractivity contribution in [3.63, 3.8) is 0 Å². The van der Waals surface area contributed by atoms with Crippen molar-refractivity contribution in [2.75, 3.05) is 24.5 Å². The third kappa shape index (κ3) is 4.63. The van der Waals surface area contributed by atoms with Crippen molar-refractivity contribution in [2.24, 2.45) is 0 Å². The molecule has 1 N–H and O–H groups in total. The predicted octanol–water partition coefficient (Wildman–Crippen LogP) is 4.91. The number of fused-ring (bicyclic) bond motifs is 1. The first kappa shape index (κ1) is 22.4. The number of hydrogen-bond donors (Lipinski definition) is 1. The molecule has 2 aliphatic rings. The van der Waals surface area contributed by atoms with E-state index in [-0.39, 0.29) is 11.5 Å². The third-order valence-corrected chi connectivity index (χ3v) is 6.91. The van der Waals surface area contributed by atoms with Gasteiger partial charge in [0, 0.05) is 25.2 Å². The van der Waals surface area contributed by atoms with Crippen LogP contribution in [-0.4, -0.2) is 35.1 Å². The lowest BCUT2D eigenvalue weighted by Crippen LogP contribution is -2.30. The highest BCUT2D eigenvalue weighted by atomic mass is 16.1. The lowest BCUT2D eigenvalue weighted by molar-refractivity contribution is 0.0954. The summed E-state index contributed by atoms with van der Waals surface area (Å²) in [6.07, 6.45) is 10.2. The molecule has 5 rings (SSSR count). The zero-order chi connectivity index (χ0) is 23.5. The van der Waals surface area contributed by atoms with Crippen molar-refractivity contribution in [3.8, 4) is 5.69 Å². The number of hydrogen-bond acceptors (Lipinski definition) is 4. The summed E-state index contributed by atoms with van der Waals surface area (Å²) in [5.41, 5.74) is 4.40. The van der Waals surface area contributed by atoms with Gasteiger partial charge in [-0.2, -0.15) is 0 Å². The second-order valence-corrected chi connectivity index (χ2v) is 9.43. The first-order valence-electron chi connectivity index (χ1n) is 12.4. The summed E-state index contributed by atoms with van der Waals surface area (Å²) < 4.78 is 1.71. The second-order valence-electron chi connectivity index (χ2n) is 9.43. The molecule has 6 heteroatoms. The molecule has 0 saturated carbocycles. The molecule has 1 aliphatic carbocycles. The van der Waals surface area contributed by atoms with E-state index in [0.717, 1.165) is 56.4 Å². The van der Waals surface area contributed by atoms with Gasteiger partial charge in [-0.25, -0.2) is 9.55 Å². The average Bonchev–Trinajstić information content (AvgIpc) is 3.40. The van der Waals surface area contributed by atoms with E-state index in [1.807, 2.05) is 31.2 Å². The fourth-order valence-corrected chi connectivity index (χ4v) is 4.94. The lowest BCUT2D eigenvalue weighted by Gasteiger charge is -2.22. The Balaban J connectivity index is 1.46. The quantitative estimate of drug-likeness (QED) is 0.535. The van der Waals surface area contributed by atoms with Gasteiger partial charge < -0.3 is 10.2 Å². The highest BCUT2D eigenvalue weighted by Gasteiger charge is 2.21. The number of rotatable bonds is 6. The fourth-order valence-electron chi connectivity index (χ4n) is 4.94. The summed E-state index contributed by atoms with van der Waals surface area (Å²) in [4.78, 5) is 33.5. The molecule has 0 spiro atoms. The summed E-state index contributed by atoms with van der Waals surface area (Å²) in [5, 5.41) is 3.56. The van der Waals surface area contributed by atoms with Crippen LogP contribution in [0.5, 0.6) is 0 Å². The standard InChI is InChI=1S/C28H32N4O2/c1-20-9-12-23(13-10-20)32-27(34)24-14-11-22(19-25(24)30-28(32)31-17-5-6-18-31)26(33)29-16-15-21-7-3-2-4-8-21/h7,9-14,19H,2-6,8,15-18H2,1H3,(H,29,33). The molecule has 0 radical (unpaired) electrons. The van der Waals surface area contributed by atoms with Crippen molar-refractivity contribution in [1.82, 2.24) is 14.9 Å². The van der Waals surface area contributed by atoms with Gasteiger partial charge in [-0.3, -0.25) is 9.59 Å². The maximum absolute atomic E-state index is 13.6. The van der Waals surface area contributed by atoms with Crippen molar-refractivity contribution < 1.29 is 4.79 Å². The van der Waals surface area contributed by atoms with Crippen LogP contribution < -0.4 is 15.8 Å². The van der Waals surface area contributed by atoms with Gasteiger partial charge in [-0.1, -0.05) is 29.3 Å². The zero-order valence-electron chi connectivity index (χ0n) is 19.8. The minimum absolute atomic E-state index is 0.105. The summed E-state index contributed by atoms with van der Waals surface area (Å²) in [6, 6.07) is 13.2. The smallest absolute Gasteiger partial charge is 0.267 e. The van der Waals surface area contributed by atoms with Crippen molar-refractivity contribution >= 4 is 22.8 Å². The highest BCUT2D eigenvalue weighted by Crippen LogP contribution is 2.24. The molecular formula is C28H32N4O2. The Morgan fingerprint density at radius 2 is 1.82 bits per heavy atom. The molecule has 3 aromatic rings. The van der Waals surface area contributed by atoms with E-state index in [1.165, 1.54) is 18.4 Å². The van der Waals surface area contributed by atoms with Crippen LogP contribution in [-0.2, 0) is 0 Å². The molecule has 176 valence electrons. The molecule has 1 aromatic heterocycles. The van der Waals surface area contributed by atoms with E-state index in [1.54, 1.807) is 22.8 Å². The van der Waals surface area contributed by atoms with Crippen LogP contribution in [0.2, 0.25) is 0 Å². The molecular weight excluding hydrogens is 424 g/mol. The predicted molar refractivity (Wildman–Crippen MR) is 137 cm³/mol. The number of benzene rings is 2. The Hall–Kier alpha value is -3.41. The summed E-state index contributed by atoms with van der Waals surface area (Å²) in [7, 11) is 0. The zero-order valence-corrected chi connectivity index (χ0v) is 19.8. The van der Waals surface area contributed by atoms with Crippen LogP contribution in [0.1, 0.15) is 60.9 Å². The molecule has 0 bridgehead atoms. The van der Waals surface area contributed by atoms with E-state index in [0.29, 0.717) is 29.0 Å². The maximum Gasteiger partial charge on any atom is 0.267 e. The number of aromatic nitrogens is 2. The lowest BCUT2D eigenvalue weighted by atomic mass is 9.97. The largest absolute Gasteiger partial charge is 0.352 e. The Morgan fingerprint density at radius 3 is 2.56 bits per heavy atom. The van der Waals surface area contributed by atoms with Gasteiger partial charge in [0.05, 0.1) is 16.6 Å². The van der Waals surface area contributed by atoms with Gasteiger partial charge in [-0.15, -0.1) is 0 Å². The van der Waals surface area contributed by atoms with Gasteiger partial charge in [0.15, 0.2) is 0 Å². The second kappa shape index (κ2) is 9.84. The van der Waals surface area contributed by atoms with E-state index < -0.39 is 0 Å². The summed E-state index contributed by atoms with van der Waals surface area (Å²) >= 11 is 0. The first-order valence-corrected chi connectivity index (χ1v) is 12.4. The maximum atomic E-state index is 13.6. The SMILES string of the molecule is Cc1ccc(-n2c(N3CCCC3)nc3cc(C(=O)NCCC4=CCCCC4)ccc3c2=O)cc1. The van der Waals surface area contributed by atoms with Crippen LogP contribution in [0.4, 0.5) is 5.95 Å². The molecule has 0 unspecified atom stereocenters. The van der Waals surface area contributed by atoms with Crippen molar-refractivity contribution in [2.45, 2.75) is 51.9 Å². The molecule has 2 heterocycles. The van der Waals surface area contributed by atoms with Crippen LogP contribution >= 0.6 is 0 Å². The van der Waals surface area contributed by atoms with Crippen LogP contribution in [0.25, 0.3) is 16.6 Å². The number of nitrogens with one attached hydrogen (secondary N) is 1. The Kier molecular flexibility index (Phi) is 6.48. The van der Waals surface area contributed by atoms with E-state index in [4.69, 9.17) is 4.98 Å². The van der Waals surface area contributed by atoms with E-state index in [9.17, 15) is 9.59 Å². The van der Waals surface area contributed by atoms with Crippen molar-refractivity contribution in [3.05, 3.63) is 75.6 Å². The molecule has 1 amide bonds. The Labute approximate surface area is 200 Å². The number of anilines is 1. The van der Waals surface area contributed by atoms with Gasteiger partial charge >= 0.3 is 0 Å². The normalized spacial score (nSPS) is 16.0. The molecule has 1 saturated heterocycles. The molecule has 2 aromatic carbocycles. The average molecular weight is 457 g/mol. The van der Waals surface area contributed by atoms with Gasteiger partial charge in [0.25, 0.3) is 11.5 Å². The number of allylic oxidation sites excluding steroid dienone is 1. The summed E-state index contributed by atoms with van der Waals surface area (Å²) in [5.74, 6) is 0.534. The van der Waals surface area contributed by atoms with Crippen LogP contribution in [0.15, 0.2) is 58.9 Å².